The molecular weight excluding hydrogens is 344 g/mol. The summed E-state index contributed by atoms with van der Waals surface area (Å²) in [7, 11) is 1.61. The van der Waals surface area contributed by atoms with Gasteiger partial charge in [-0.2, -0.15) is 5.10 Å². The molecule has 110 valence electrons. The largest absolute Gasteiger partial charge is 0.494 e. The fourth-order valence-electron chi connectivity index (χ4n) is 2.25. The molecule has 5 heteroatoms. The molecule has 0 aliphatic heterocycles. The number of carbonyl (C=O) groups excluding carboxylic acids is 1. The summed E-state index contributed by atoms with van der Waals surface area (Å²) in [5.41, 5.74) is 2.86. The van der Waals surface area contributed by atoms with Crippen LogP contribution in [0.15, 0.2) is 59.2 Å². The van der Waals surface area contributed by atoms with Crippen LogP contribution in [0.25, 0.3) is 16.9 Å². The number of halogens is 1. The molecule has 0 aliphatic rings. The van der Waals surface area contributed by atoms with Crippen LogP contribution in [0.1, 0.15) is 10.4 Å². The summed E-state index contributed by atoms with van der Waals surface area (Å²) in [6, 6.07) is 15.2. The molecule has 0 spiro atoms. The number of para-hydroxylation sites is 2. The standard InChI is InChI=1S/C17H13BrN2O2/c1-22-16-5-3-2-4-15(16)20-10-13(11-21)17(19-20)12-6-8-14(18)9-7-12/h2-11H,1H3. The second-order valence-electron chi connectivity index (χ2n) is 4.67. The van der Waals surface area contributed by atoms with Crippen molar-refractivity contribution in [2.24, 2.45) is 0 Å². The number of aromatic nitrogens is 2. The van der Waals surface area contributed by atoms with Gasteiger partial charge in [-0.25, -0.2) is 4.68 Å². The van der Waals surface area contributed by atoms with E-state index in [0.29, 0.717) is 17.0 Å². The molecular formula is C17H13BrN2O2. The van der Waals surface area contributed by atoms with Gasteiger partial charge in [-0.15, -0.1) is 0 Å². The van der Waals surface area contributed by atoms with Gasteiger partial charge in [0.2, 0.25) is 0 Å². The predicted octanol–water partition coefficient (Wildman–Crippen LogP) is 4.12. The maximum absolute atomic E-state index is 11.4. The van der Waals surface area contributed by atoms with Crippen LogP contribution in [-0.2, 0) is 0 Å². The molecule has 0 amide bonds. The summed E-state index contributed by atoms with van der Waals surface area (Å²) < 4.78 is 7.99. The molecule has 2 aromatic carbocycles. The molecule has 0 saturated heterocycles. The molecule has 0 aliphatic carbocycles. The Morgan fingerprint density at radius 2 is 1.86 bits per heavy atom. The van der Waals surface area contributed by atoms with Crippen LogP contribution in [0.3, 0.4) is 0 Å². The topological polar surface area (TPSA) is 44.1 Å². The zero-order valence-electron chi connectivity index (χ0n) is 11.9. The minimum atomic E-state index is 0.535. The Bertz CT molecular complexity index is 810. The zero-order chi connectivity index (χ0) is 15.5. The summed E-state index contributed by atoms with van der Waals surface area (Å²) >= 11 is 3.40. The van der Waals surface area contributed by atoms with Gasteiger partial charge < -0.3 is 4.74 Å². The van der Waals surface area contributed by atoms with Gasteiger partial charge >= 0.3 is 0 Å². The number of benzene rings is 2. The molecule has 1 heterocycles. The van der Waals surface area contributed by atoms with Gasteiger partial charge in [-0.1, -0.05) is 40.2 Å². The van der Waals surface area contributed by atoms with Gasteiger partial charge in [-0.3, -0.25) is 4.79 Å². The molecule has 0 N–H and O–H groups in total. The van der Waals surface area contributed by atoms with E-state index in [1.807, 2.05) is 48.5 Å². The third-order valence-corrected chi connectivity index (χ3v) is 3.85. The lowest BCUT2D eigenvalue weighted by Crippen LogP contribution is -1.98. The van der Waals surface area contributed by atoms with Crippen LogP contribution in [0, 0.1) is 0 Å². The van der Waals surface area contributed by atoms with Gasteiger partial charge in [0.1, 0.15) is 17.1 Å². The summed E-state index contributed by atoms with van der Waals surface area (Å²) in [4.78, 5) is 11.4. The van der Waals surface area contributed by atoms with E-state index >= 15 is 0 Å². The van der Waals surface area contributed by atoms with E-state index in [9.17, 15) is 4.79 Å². The van der Waals surface area contributed by atoms with Crippen LogP contribution >= 0.6 is 15.9 Å². The van der Waals surface area contributed by atoms with Crippen molar-refractivity contribution in [1.82, 2.24) is 9.78 Å². The Kier molecular flexibility index (Phi) is 4.06. The van der Waals surface area contributed by atoms with E-state index in [-0.39, 0.29) is 0 Å². The summed E-state index contributed by atoms with van der Waals surface area (Å²) in [6.07, 6.45) is 2.53. The highest BCUT2D eigenvalue weighted by molar-refractivity contribution is 9.10. The normalized spacial score (nSPS) is 10.5. The molecule has 0 fully saturated rings. The number of carbonyl (C=O) groups is 1. The van der Waals surface area contributed by atoms with Crippen LogP contribution < -0.4 is 4.74 Å². The van der Waals surface area contributed by atoms with Crippen LogP contribution in [0.4, 0.5) is 0 Å². The molecule has 0 unspecified atom stereocenters. The van der Waals surface area contributed by atoms with Crippen molar-refractivity contribution in [2.45, 2.75) is 0 Å². The molecule has 0 atom stereocenters. The Morgan fingerprint density at radius 1 is 1.14 bits per heavy atom. The van der Waals surface area contributed by atoms with E-state index in [1.165, 1.54) is 0 Å². The first kappa shape index (κ1) is 14.5. The number of hydrogen-bond acceptors (Lipinski definition) is 3. The number of methoxy groups -OCH3 is 1. The minimum Gasteiger partial charge on any atom is -0.494 e. The van der Waals surface area contributed by atoms with Crippen LogP contribution in [0.5, 0.6) is 5.75 Å². The Hall–Kier alpha value is -2.40. The van der Waals surface area contributed by atoms with Crippen molar-refractivity contribution in [2.75, 3.05) is 7.11 Å². The second-order valence-corrected chi connectivity index (χ2v) is 5.59. The molecule has 3 rings (SSSR count). The zero-order valence-corrected chi connectivity index (χ0v) is 13.4. The van der Waals surface area contributed by atoms with Crippen LogP contribution in [0.2, 0.25) is 0 Å². The smallest absolute Gasteiger partial charge is 0.153 e. The van der Waals surface area contributed by atoms with E-state index in [0.717, 1.165) is 22.0 Å². The van der Waals surface area contributed by atoms with E-state index in [2.05, 4.69) is 21.0 Å². The maximum Gasteiger partial charge on any atom is 0.153 e. The van der Waals surface area contributed by atoms with Crippen molar-refractivity contribution >= 4 is 22.2 Å². The van der Waals surface area contributed by atoms with Gasteiger partial charge in [-0.05, 0) is 24.3 Å². The predicted molar refractivity (Wildman–Crippen MR) is 88.6 cm³/mol. The third-order valence-electron chi connectivity index (χ3n) is 3.32. The van der Waals surface area contributed by atoms with E-state index in [4.69, 9.17) is 4.74 Å². The molecule has 0 radical (unpaired) electrons. The lowest BCUT2D eigenvalue weighted by Gasteiger charge is -2.07. The molecule has 1 aromatic heterocycles. The highest BCUT2D eigenvalue weighted by Crippen LogP contribution is 2.27. The van der Waals surface area contributed by atoms with Crippen molar-refractivity contribution in [3.05, 3.63) is 64.8 Å². The first-order valence-corrected chi connectivity index (χ1v) is 7.46. The highest BCUT2D eigenvalue weighted by Gasteiger charge is 2.13. The first-order valence-electron chi connectivity index (χ1n) is 6.67. The summed E-state index contributed by atoms with van der Waals surface area (Å²) in [5, 5.41) is 4.55. The Labute approximate surface area is 136 Å². The quantitative estimate of drug-likeness (QED) is 0.660. The van der Waals surface area contributed by atoms with Crippen molar-refractivity contribution in [1.29, 1.82) is 0 Å². The summed E-state index contributed by atoms with van der Waals surface area (Å²) in [6.45, 7) is 0. The first-order chi connectivity index (χ1) is 10.7. The van der Waals surface area contributed by atoms with Gasteiger partial charge in [0.15, 0.2) is 6.29 Å². The lowest BCUT2D eigenvalue weighted by atomic mass is 10.1. The number of nitrogens with zero attached hydrogens (tertiary/aromatic N) is 2. The average Bonchev–Trinajstić information content (AvgIpc) is 2.99. The second kappa shape index (κ2) is 6.15. The van der Waals surface area contributed by atoms with E-state index < -0.39 is 0 Å². The number of aldehydes is 1. The maximum atomic E-state index is 11.4. The highest BCUT2D eigenvalue weighted by atomic mass is 79.9. The monoisotopic (exact) mass is 356 g/mol. The number of hydrogen-bond donors (Lipinski definition) is 0. The number of ether oxygens (including phenoxy) is 1. The lowest BCUT2D eigenvalue weighted by molar-refractivity contribution is 0.112. The SMILES string of the molecule is COc1ccccc1-n1cc(C=O)c(-c2ccc(Br)cc2)n1. The molecule has 0 saturated carbocycles. The van der Waals surface area contributed by atoms with Crippen molar-refractivity contribution in [3.8, 4) is 22.7 Å². The number of rotatable bonds is 4. The summed E-state index contributed by atoms with van der Waals surface area (Å²) in [5.74, 6) is 0.699. The Balaban J connectivity index is 2.12. The molecule has 22 heavy (non-hydrogen) atoms. The Morgan fingerprint density at radius 3 is 2.55 bits per heavy atom. The third kappa shape index (κ3) is 2.67. The van der Waals surface area contributed by atoms with Gasteiger partial charge in [0.25, 0.3) is 0 Å². The van der Waals surface area contributed by atoms with Crippen molar-refractivity contribution in [3.63, 3.8) is 0 Å². The van der Waals surface area contributed by atoms with Crippen LogP contribution in [-0.4, -0.2) is 23.2 Å². The van der Waals surface area contributed by atoms with Crippen molar-refractivity contribution < 1.29 is 9.53 Å². The van der Waals surface area contributed by atoms with E-state index in [1.54, 1.807) is 18.0 Å². The molecule has 4 nitrogen and oxygen atoms in total. The fourth-order valence-corrected chi connectivity index (χ4v) is 2.51. The molecule has 3 aromatic rings. The minimum absolute atomic E-state index is 0.535. The van der Waals surface area contributed by atoms with Gasteiger partial charge in [0, 0.05) is 16.2 Å². The molecule has 0 bridgehead atoms. The van der Waals surface area contributed by atoms with Gasteiger partial charge in [0.05, 0.1) is 12.7 Å². The fraction of sp³-hybridized carbons (Fsp3) is 0.0588. The average molecular weight is 357 g/mol.